The van der Waals surface area contributed by atoms with E-state index >= 15 is 0 Å². The van der Waals surface area contributed by atoms with Crippen LogP contribution in [0.3, 0.4) is 0 Å². The van der Waals surface area contributed by atoms with Gasteiger partial charge in [0.1, 0.15) is 6.10 Å². The molecule has 6 heteroatoms. The van der Waals surface area contributed by atoms with E-state index in [9.17, 15) is 4.79 Å². The zero-order valence-electron chi connectivity index (χ0n) is 11.5. The van der Waals surface area contributed by atoms with Crippen LogP contribution in [0.5, 0.6) is 0 Å². The molecule has 0 aromatic heterocycles. The Balaban J connectivity index is 1.83. The second-order valence-corrected chi connectivity index (χ2v) is 6.26. The molecule has 1 N–H and O–H groups in total. The summed E-state index contributed by atoms with van der Waals surface area (Å²) in [4.78, 5) is 16.0. The number of benzene rings is 1. The number of amides is 1. The van der Waals surface area contributed by atoms with Crippen LogP contribution in [0, 0.1) is 5.41 Å². The third-order valence-corrected chi connectivity index (χ3v) is 4.80. The van der Waals surface area contributed by atoms with Crippen molar-refractivity contribution in [2.24, 2.45) is 0 Å². The van der Waals surface area contributed by atoms with Gasteiger partial charge in [0.25, 0.3) is 11.9 Å². The number of carbonyl (C=O) groups excluding carboxylic acids is 1. The summed E-state index contributed by atoms with van der Waals surface area (Å²) in [5.74, 6) is 1.56. The minimum Gasteiger partial charge on any atom is -0.459 e. The molecule has 0 saturated carbocycles. The first kappa shape index (κ1) is 13.3. The predicted octanol–water partition coefficient (Wildman–Crippen LogP) is 1.64. The fourth-order valence-electron chi connectivity index (χ4n) is 2.51. The minimum absolute atomic E-state index is 0.00789. The molecule has 2 saturated heterocycles. The van der Waals surface area contributed by atoms with Crippen molar-refractivity contribution >= 4 is 29.4 Å². The van der Waals surface area contributed by atoms with E-state index in [1.807, 2.05) is 31.1 Å². The molecule has 2 fully saturated rings. The molecule has 0 unspecified atom stereocenters. The molecule has 2 heterocycles. The first-order valence-electron chi connectivity index (χ1n) is 6.52. The lowest BCUT2D eigenvalue weighted by Crippen LogP contribution is -2.41. The third-order valence-electron chi connectivity index (χ3n) is 3.66. The summed E-state index contributed by atoms with van der Waals surface area (Å²) >= 11 is 1.77. The molecule has 0 radical (unpaired) electrons. The van der Waals surface area contributed by atoms with E-state index < -0.39 is 0 Å². The van der Waals surface area contributed by atoms with Crippen molar-refractivity contribution in [1.82, 2.24) is 4.90 Å². The number of rotatable bonds is 2. The molecule has 2 aliphatic heterocycles. The highest BCUT2D eigenvalue weighted by atomic mass is 32.2. The molecule has 3 rings (SSSR count). The van der Waals surface area contributed by atoms with Crippen molar-refractivity contribution in [2.45, 2.75) is 12.1 Å². The van der Waals surface area contributed by atoms with Crippen molar-refractivity contribution in [1.29, 1.82) is 5.41 Å². The molecule has 1 aromatic rings. The monoisotopic (exact) mass is 291 g/mol. The van der Waals surface area contributed by atoms with Crippen LogP contribution in [0.4, 0.5) is 5.69 Å². The number of nitrogens with zero attached hydrogens (tertiary/aromatic N) is 2. The maximum atomic E-state index is 12.6. The Hall–Kier alpha value is -1.69. The Bertz CT molecular complexity index is 544. The van der Waals surface area contributed by atoms with Crippen LogP contribution in [-0.2, 0) is 4.74 Å². The number of anilines is 1. The van der Waals surface area contributed by atoms with Gasteiger partial charge in [0.05, 0.1) is 6.04 Å². The van der Waals surface area contributed by atoms with E-state index in [0.29, 0.717) is 5.56 Å². The lowest BCUT2D eigenvalue weighted by atomic mass is 10.1. The molecule has 1 amide bonds. The molecule has 106 valence electrons. The molecule has 0 aliphatic carbocycles. The predicted molar refractivity (Wildman–Crippen MR) is 80.7 cm³/mol. The molecule has 2 atom stereocenters. The van der Waals surface area contributed by atoms with E-state index in [-0.39, 0.29) is 24.1 Å². The van der Waals surface area contributed by atoms with E-state index in [1.165, 1.54) is 4.90 Å². The van der Waals surface area contributed by atoms with Crippen LogP contribution in [0.25, 0.3) is 0 Å². The zero-order chi connectivity index (χ0) is 14.3. The van der Waals surface area contributed by atoms with Gasteiger partial charge in [0.2, 0.25) is 0 Å². The standard InChI is InChI=1S/C14H17N3O2S/c1-16(2)10-5-3-9(4-6-10)13(18)17-11-7-20-8-12(11)19-14(17)15/h3-6,11-12,15H,7-8H2,1-2H3/t11-,12-/m0/s1. The van der Waals surface area contributed by atoms with Crippen LogP contribution in [0.1, 0.15) is 10.4 Å². The molecule has 1 aromatic carbocycles. The summed E-state index contributed by atoms with van der Waals surface area (Å²) in [6.07, 6.45) is -0.0162. The molecule has 20 heavy (non-hydrogen) atoms. The number of nitrogens with one attached hydrogen (secondary N) is 1. The van der Waals surface area contributed by atoms with Crippen molar-refractivity contribution in [2.75, 3.05) is 30.5 Å². The van der Waals surface area contributed by atoms with Gasteiger partial charge in [-0.3, -0.25) is 15.1 Å². The van der Waals surface area contributed by atoms with E-state index in [2.05, 4.69) is 0 Å². The van der Waals surface area contributed by atoms with E-state index in [0.717, 1.165) is 17.2 Å². The second kappa shape index (κ2) is 5.01. The Kier molecular flexibility index (Phi) is 3.33. The minimum atomic E-state index is -0.143. The summed E-state index contributed by atoms with van der Waals surface area (Å²) in [5, 5.41) is 7.86. The Morgan fingerprint density at radius 2 is 2.05 bits per heavy atom. The maximum absolute atomic E-state index is 12.6. The number of carbonyl (C=O) groups is 1. The van der Waals surface area contributed by atoms with Gasteiger partial charge in [0.15, 0.2) is 0 Å². The highest BCUT2D eigenvalue weighted by molar-refractivity contribution is 7.99. The van der Waals surface area contributed by atoms with Crippen LogP contribution in [0.2, 0.25) is 0 Å². The largest absolute Gasteiger partial charge is 0.459 e. The van der Waals surface area contributed by atoms with E-state index in [4.69, 9.17) is 10.1 Å². The average molecular weight is 291 g/mol. The van der Waals surface area contributed by atoms with Gasteiger partial charge in [-0.15, -0.1) is 0 Å². The van der Waals surface area contributed by atoms with Crippen LogP contribution < -0.4 is 4.90 Å². The Labute approximate surface area is 122 Å². The SMILES string of the molecule is CN(C)c1ccc(C(=O)N2C(=N)O[C@H]3CSC[C@@H]32)cc1. The van der Waals surface area contributed by atoms with Crippen molar-refractivity contribution < 1.29 is 9.53 Å². The number of thioether (sulfide) groups is 1. The number of amidine groups is 1. The molecule has 5 nitrogen and oxygen atoms in total. The number of hydrogen-bond acceptors (Lipinski definition) is 5. The van der Waals surface area contributed by atoms with Gasteiger partial charge in [0, 0.05) is 36.9 Å². The number of fused-ring (bicyclic) bond motifs is 1. The number of ether oxygens (including phenoxy) is 1. The van der Waals surface area contributed by atoms with Crippen molar-refractivity contribution in [3.63, 3.8) is 0 Å². The third kappa shape index (κ3) is 2.14. The molecular formula is C14H17N3O2S. The van der Waals surface area contributed by atoms with Crippen LogP contribution in [0.15, 0.2) is 24.3 Å². The quantitative estimate of drug-likeness (QED) is 0.900. The van der Waals surface area contributed by atoms with Crippen molar-refractivity contribution in [3.8, 4) is 0 Å². The van der Waals surface area contributed by atoms with Gasteiger partial charge in [-0.05, 0) is 24.3 Å². The number of hydrogen-bond donors (Lipinski definition) is 1. The van der Waals surface area contributed by atoms with Crippen LogP contribution in [-0.4, -0.2) is 54.6 Å². The second-order valence-electron chi connectivity index (χ2n) is 5.18. The van der Waals surface area contributed by atoms with E-state index in [1.54, 1.807) is 23.9 Å². The summed E-state index contributed by atoms with van der Waals surface area (Å²) in [7, 11) is 3.92. The normalized spacial score (nSPS) is 24.5. The van der Waals surface area contributed by atoms with Gasteiger partial charge in [-0.2, -0.15) is 11.8 Å². The molecule has 0 bridgehead atoms. The Morgan fingerprint density at radius 1 is 1.35 bits per heavy atom. The highest BCUT2D eigenvalue weighted by Crippen LogP contribution is 2.32. The highest BCUT2D eigenvalue weighted by Gasteiger charge is 2.46. The zero-order valence-corrected chi connectivity index (χ0v) is 12.3. The molecule has 0 spiro atoms. The van der Waals surface area contributed by atoms with Crippen LogP contribution >= 0.6 is 11.8 Å². The first-order chi connectivity index (χ1) is 9.58. The fourth-order valence-corrected chi connectivity index (χ4v) is 3.78. The smallest absolute Gasteiger partial charge is 0.292 e. The molecule has 2 aliphatic rings. The average Bonchev–Trinajstić information content (AvgIpc) is 2.98. The van der Waals surface area contributed by atoms with Gasteiger partial charge in [-0.25, -0.2) is 0 Å². The lowest BCUT2D eigenvalue weighted by molar-refractivity contribution is 0.0823. The van der Waals surface area contributed by atoms with Crippen molar-refractivity contribution in [3.05, 3.63) is 29.8 Å². The maximum Gasteiger partial charge on any atom is 0.292 e. The fraction of sp³-hybridized carbons (Fsp3) is 0.429. The van der Waals surface area contributed by atoms with Gasteiger partial charge in [-0.1, -0.05) is 0 Å². The Morgan fingerprint density at radius 3 is 2.70 bits per heavy atom. The lowest BCUT2D eigenvalue weighted by Gasteiger charge is -2.20. The van der Waals surface area contributed by atoms with Gasteiger partial charge < -0.3 is 9.64 Å². The van der Waals surface area contributed by atoms with Gasteiger partial charge >= 0.3 is 0 Å². The first-order valence-corrected chi connectivity index (χ1v) is 7.67. The summed E-state index contributed by atoms with van der Waals surface area (Å²) in [5.41, 5.74) is 1.64. The molecular weight excluding hydrogens is 274 g/mol. The summed E-state index contributed by atoms with van der Waals surface area (Å²) in [6.45, 7) is 0. The topological polar surface area (TPSA) is 56.6 Å². The summed E-state index contributed by atoms with van der Waals surface area (Å²) in [6, 6.07) is 7.43. The summed E-state index contributed by atoms with van der Waals surface area (Å²) < 4.78 is 5.46.